The van der Waals surface area contributed by atoms with E-state index in [-0.39, 0.29) is 21.9 Å². The van der Waals surface area contributed by atoms with Gasteiger partial charge in [-0.1, -0.05) is 29.0 Å². The largest absolute Gasteiger partial charge is 0.469 e. The van der Waals surface area contributed by atoms with E-state index in [0.717, 1.165) is 22.7 Å². The fourth-order valence-corrected chi connectivity index (χ4v) is 4.24. The van der Waals surface area contributed by atoms with Gasteiger partial charge in [0.25, 0.3) is 15.9 Å². The number of aryl methyl sites for hydroxylation is 2. The minimum absolute atomic E-state index is 0.122. The van der Waals surface area contributed by atoms with Crippen LogP contribution in [0.3, 0.4) is 0 Å². The summed E-state index contributed by atoms with van der Waals surface area (Å²) in [5.41, 5.74) is 1.49. The first-order valence-corrected chi connectivity index (χ1v) is 10.5. The minimum atomic E-state index is -3.77. The second-order valence-electron chi connectivity index (χ2n) is 5.77. The summed E-state index contributed by atoms with van der Waals surface area (Å²) in [6.45, 7) is 2.17. The van der Waals surface area contributed by atoms with Crippen LogP contribution in [0.4, 0.5) is 5.13 Å². The molecule has 2 aromatic heterocycles. The van der Waals surface area contributed by atoms with Crippen molar-refractivity contribution in [1.29, 1.82) is 0 Å². The van der Waals surface area contributed by atoms with Gasteiger partial charge in [-0.3, -0.25) is 10.1 Å². The Hall–Kier alpha value is -2.56. The normalized spacial score (nSPS) is 11.4. The zero-order valence-electron chi connectivity index (χ0n) is 14.5. The van der Waals surface area contributed by atoms with E-state index in [2.05, 4.69) is 20.2 Å². The average molecular weight is 406 g/mol. The predicted molar refractivity (Wildman–Crippen MR) is 101 cm³/mol. The lowest BCUT2D eigenvalue weighted by molar-refractivity contribution is 0.102. The minimum Gasteiger partial charge on any atom is -0.469 e. The average Bonchev–Trinajstić information content (AvgIpc) is 3.31. The summed E-state index contributed by atoms with van der Waals surface area (Å²) in [6, 6.07) is 10.6. The Bertz CT molecular complexity index is 996. The van der Waals surface area contributed by atoms with Gasteiger partial charge in [-0.15, -0.1) is 10.2 Å². The van der Waals surface area contributed by atoms with Gasteiger partial charge in [-0.2, -0.15) is 0 Å². The molecule has 0 aliphatic carbocycles. The van der Waals surface area contributed by atoms with Gasteiger partial charge in [-0.05, 0) is 37.6 Å². The molecule has 2 N–H and O–H groups in total. The molecule has 3 aromatic rings. The summed E-state index contributed by atoms with van der Waals surface area (Å²) in [6.07, 6.45) is 2.79. The monoisotopic (exact) mass is 406 g/mol. The SMILES string of the molecule is Cc1ccc(C(=O)Nc2nnc(S(=O)(=O)NCCCc3ccco3)s2)cc1. The Morgan fingerprint density at radius 3 is 2.67 bits per heavy atom. The quantitative estimate of drug-likeness (QED) is 0.439. The number of nitrogens with one attached hydrogen (secondary N) is 2. The Kier molecular flexibility index (Phi) is 5.99. The highest BCUT2D eigenvalue weighted by Gasteiger charge is 2.20. The van der Waals surface area contributed by atoms with Crippen LogP contribution < -0.4 is 10.0 Å². The first-order chi connectivity index (χ1) is 12.9. The fourth-order valence-electron chi connectivity index (χ4n) is 2.23. The van der Waals surface area contributed by atoms with Gasteiger partial charge >= 0.3 is 0 Å². The van der Waals surface area contributed by atoms with E-state index < -0.39 is 10.0 Å². The van der Waals surface area contributed by atoms with Crippen LogP contribution >= 0.6 is 11.3 Å². The van der Waals surface area contributed by atoms with Gasteiger partial charge in [0.15, 0.2) is 0 Å². The van der Waals surface area contributed by atoms with E-state index in [9.17, 15) is 13.2 Å². The Morgan fingerprint density at radius 2 is 1.96 bits per heavy atom. The van der Waals surface area contributed by atoms with Crippen molar-refractivity contribution in [2.24, 2.45) is 0 Å². The van der Waals surface area contributed by atoms with Crippen LogP contribution in [-0.2, 0) is 16.4 Å². The van der Waals surface area contributed by atoms with Gasteiger partial charge < -0.3 is 4.42 Å². The molecule has 0 saturated carbocycles. The van der Waals surface area contributed by atoms with Gasteiger partial charge in [0, 0.05) is 18.5 Å². The number of aromatic nitrogens is 2. The maximum atomic E-state index is 12.3. The molecule has 0 spiro atoms. The van der Waals surface area contributed by atoms with E-state index in [0.29, 0.717) is 18.4 Å². The number of rotatable bonds is 8. The van der Waals surface area contributed by atoms with E-state index in [4.69, 9.17) is 4.42 Å². The summed E-state index contributed by atoms with van der Waals surface area (Å²) in [4.78, 5) is 12.2. The topological polar surface area (TPSA) is 114 Å². The Morgan fingerprint density at radius 1 is 1.19 bits per heavy atom. The number of hydrogen-bond donors (Lipinski definition) is 2. The van der Waals surface area contributed by atoms with E-state index in [1.807, 2.05) is 25.1 Å². The van der Waals surface area contributed by atoms with Crippen molar-refractivity contribution < 1.29 is 17.6 Å². The zero-order chi connectivity index (χ0) is 19.3. The second kappa shape index (κ2) is 8.42. The molecule has 0 aliphatic heterocycles. The number of benzene rings is 1. The molecule has 2 heterocycles. The molecule has 0 unspecified atom stereocenters. The van der Waals surface area contributed by atoms with Crippen molar-refractivity contribution >= 4 is 32.4 Å². The molecule has 10 heteroatoms. The first kappa shape index (κ1) is 19.2. The number of carbonyl (C=O) groups excluding carboxylic acids is 1. The number of sulfonamides is 1. The molecule has 27 heavy (non-hydrogen) atoms. The van der Waals surface area contributed by atoms with E-state index in [1.165, 1.54) is 0 Å². The van der Waals surface area contributed by atoms with Crippen LogP contribution in [0.15, 0.2) is 51.4 Å². The van der Waals surface area contributed by atoms with Crippen molar-refractivity contribution in [3.8, 4) is 0 Å². The summed E-state index contributed by atoms with van der Waals surface area (Å²) >= 11 is 0.799. The lowest BCUT2D eigenvalue weighted by Gasteiger charge is -2.02. The Labute approximate surface area is 160 Å². The molecule has 0 radical (unpaired) electrons. The zero-order valence-corrected chi connectivity index (χ0v) is 16.1. The van der Waals surface area contributed by atoms with Gasteiger partial charge in [0.1, 0.15) is 5.76 Å². The number of furan rings is 1. The molecule has 142 valence electrons. The van der Waals surface area contributed by atoms with Gasteiger partial charge in [0.2, 0.25) is 9.47 Å². The van der Waals surface area contributed by atoms with Crippen molar-refractivity contribution in [3.63, 3.8) is 0 Å². The molecule has 0 bridgehead atoms. The summed E-state index contributed by atoms with van der Waals surface area (Å²) in [5.74, 6) is 0.424. The number of hydrogen-bond acceptors (Lipinski definition) is 7. The van der Waals surface area contributed by atoms with Crippen molar-refractivity contribution in [1.82, 2.24) is 14.9 Å². The standard InChI is InChI=1S/C17H18N4O4S2/c1-12-6-8-13(9-7-12)15(22)19-16-20-21-17(26-16)27(23,24)18-10-2-4-14-5-3-11-25-14/h3,5-9,11,18H,2,4,10H2,1H3,(H,19,20,22). The Balaban J connectivity index is 1.55. The maximum Gasteiger partial charge on any atom is 0.269 e. The van der Waals surface area contributed by atoms with Crippen LogP contribution in [-0.4, -0.2) is 31.1 Å². The summed E-state index contributed by atoms with van der Waals surface area (Å²) < 4.78 is 32.0. The van der Waals surface area contributed by atoms with Crippen LogP contribution in [0.2, 0.25) is 0 Å². The van der Waals surface area contributed by atoms with Crippen LogP contribution in [0.1, 0.15) is 28.1 Å². The van der Waals surface area contributed by atoms with Crippen LogP contribution in [0, 0.1) is 6.92 Å². The third-order valence-electron chi connectivity index (χ3n) is 3.64. The lowest BCUT2D eigenvalue weighted by atomic mass is 10.1. The fraction of sp³-hybridized carbons (Fsp3) is 0.235. The van der Waals surface area contributed by atoms with Crippen molar-refractivity contribution in [2.75, 3.05) is 11.9 Å². The van der Waals surface area contributed by atoms with Crippen LogP contribution in [0.5, 0.6) is 0 Å². The molecule has 0 atom stereocenters. The number of carbonyl (C=O) groups is 1. The molecular formula is C17H18N4O4S2. The molecular weight excluding hydrogens is 388 g/mol. The molecule has 8 nitrogen and oxygen atoms in total. The number of amides is 1. The highest BCUT2D eigenvalue weighted by atomic mass is 32.2. The molecule has 0 fully saturated rings. The van der Waals surface area contributed by atoms with E-state index in [1.54, 1.807) is 24.5 Å². The van der Waals surface area contributed by atoms with Crippen molar-refractivity contribution in [2.45, 2.75) is 24.1 Å². The summed E-state index contributed by atoms with van der Waals surface area (Å²) in [5, 5.41) is 10.1. The third-order valence-corrected chi connectivity index (χ3v) is 6.31. The predicted octanol–water partition coefficient (Wildman–Crippen LogP) is 2.60. The highest BCUT2D eigenvalue weighted by Crippen LogP contribution is 2.20. The lowest BCUT2D eigenvalue weighted by Crippen LogP contribution is -2.25. The number of anilines is 1. The molecule has 3 rings (SSSR count). The molecule has 1 aromatic carbocycles. The second-order valence-corrected chi connectivity index (χ2v) is 8.69. The third kappa shape index (κ3) is 5.22. The summed E-state index contributed by atoms with van der Waals surface area (Å²) in [7, 11) is -3.77. The smallest absolute Gasteiger partial charge is 0.269 e. The first-order valence-electron chi connectivity index (χ1n) is 8.17. The van der Waals surface area contributed by atoms with Gasteiger partial charge in [0.05, 0.1) is 6.26 Å². The molecule has 0 aliphatic rings. The van der Waals surface area contributed by atoms with Gasteiger partial charge in [-0.25, -0.2) is 13.1 Å². The molecule has 0 saturated heterocycles. The molecule has 1 amide bonds. The van der Waals surface area contributed by atoms with Crippen molar-refractivity contribution in [3.05, 3.63) is 59.5 Å². The van der Waals surface area contributed by atoms with E-state index >= 15 is 0 Å². The maximum absolute atomic E-state index is 12.3. The highest BCUT2D eigenvalue weighted by molar-refractivity contribution is 7.91. The van der Waals surface area contributed by atoms with Crippen LogP contribution in [0.25, 0.3) is 0 Å². The number of nitrogens with zero attached hydrogens (tertiary/aromatic N) is 2.